The molecule has 1 aromatic carbocycles. The first-order chi connectivity index (χ1) is 10.1. The predicted octanol–water partition coefficient (Wildman–Crippen LogP) is 2.97. The summed E-state index contributed by atoms with van der Waals surface area (Å²) in [4.78, 5) is 6.83. The maximum atomic E-state index is 5.75. The molecule has 21 heavy (non-hydrogen) atoms. The summed E-state index contributed by atoms with van der Waals surface area (Å²) in [5.74, 6) is 1.36. The number of nitrogens with two attached hydrogens (primary N) is 1. The van der Waals surface area contributed by atoms with Crippen molar-refractivity contribution in [3.05, 3.63) is 35.7 Å². The van der Waals surface area contributed by atoms with Gasteiger partial charge in [0.25, 0.3) is 5.95 Å². The Bertz CT molecular complexity index is 597. The molecule has 0 atom stereocenters. The van der Waals surface area contributed by atoms with Gasteiger partial charge in [-0.3, -0.25) is 0 Å². The quantitative estimate of drug-likeness (QED) is 0.879. The van der Waals surface area contributed by atoms with E-state index in [-0.39, 0.29) is 5.41 Å². The zero-order valence-electron chi connectivity index (χ0n) is 12.7. The standard InChI is InChI=1S/C16H22N4O/c1-16(2,12-6-8-13(17)9-7-12)14-18-15(19-21-14)20-10-4-3-5-11-20/h6-9H,3-5,10-11,17H2,1-2H3. The lowest BCUT2D eigenvalue weighted by Crippen LogP contribution is -2.30. The van der Waals surface area contributed by atoms with Gasteiger partial charge in [0.1, 0.15) is 0 Å². The van der Waals surface area contributed by atoms with Crippen LogP contribution in [0.15, 0.2) is 28.8 Å². The maximum Gasteiger partial charge on any atom is 0.266 e. The van der Waals surface area contributed by atoms with Gasteiger partial charge in [-0.25, -0.2) is 0 Å². The number of anilines is 2. The van der Waals surface area contributed by atoms with Crippen molar-refractivity contribution in [3.8, 4) is 0 Å². The van der Waals surface area contributed by atoms with Gasteiger partial charge in [0.15, 0.2) is 0 Å². The summed E-state index contributed by atoms with van der Waals surface area (Å²) in [5.41, 5.74) is 7.30. The van der Waals surface area contributed by atoms with Crippen LogP contribution in [-0.2, 0) is 5.41 Å². The highest BCUT2D eigenvalue weighted by atomic mass is 16.5. The van der Waals surface area contributed by atoms with Crippen LogP contribution in [0, 0.1) is 0 Å². The van der Waals surface area contributed by atoms with Crippen molar-refractivity contribution in [2.75, 3.05) is 23.7 Å². The fraction of sp³-hybridized carbons (Fsp3) is 0.500. The molecule has 0 radical (unpaired) electrons. The van der Waals surface area contributed by atoms with E-state index in [2.05, 4.69) is 28.9 Å². The predicted molar refractivity (Wildman–Crippen MR) is 83.3 cm³/mol. The number of benzene rings is 1. The fourth-order valence-corrected chi connectivity index (χ4v) is 2.72. The highest BCUT2D eigenvalue weighted by molar-refractivity contribution is 5.43. The first kappa shape index (κ1) is 13.9. The van der Waals surface area contributed by atoms with Gasteiger partial charge in [-0.1, -0.05) is 12.1 Å². The third-order valence-corrected chi connectivity index (χ3v) is 4.22. The van der Waals surface area contributed by atoms with Gasteiger partial charge in [-0.15, -0.1) is 0 Å². The summed E-state index contributed by atoms with van der Waals surface area (Å²) in [6.45, 7) is 6.21. The van der Waals surface area contributed by atoms with Crippen LogP contribution in [0.3, 0.4) is 0 Å². The van der Waals surface area contributed by atoms with Crippen molar-refractivity contribution in [3.63, 3.8) is 0 Å². The monoisotopic (exact) mass is 286 g/mol. The van der Waals surface area contributed by atoms with Crippen molar-refractivity contribution < 1.29 is 4.52 Å². The minimum absolute atomic E-state index is 0.325. The number of aromatic nitrogens is 2. The molecule has 0 spiro atoms. The number of nitrogens with zero attached hydrogens (tertiary/aromatic N) is 3. The van der Waals surface area contributed by atoms with E-state index in [1.165, 1.54) is 19.3 Å². The van der Waals surface area contributed by atoms with Crippen molar-refractivity contribution in [2.24, 2.45) is 0 Å². The normalized spacial score (nSPS) is 16.2. The van der Waals surface area contributed by atoms with E-state index in [0.29, 0.717) is 11.8 Å². The van der Waals surface area contributed by atoms with Crippen molar-refractivity contribution in [2.45, 2.75) is 38.5 Å². The molecule has 0 saturated carbocycles. The topological polar surface area (TPSA) is 68.2 Å². The second-order valence-electron chi connectivity index (χ2n) is 6.19. The van der Waals surface area contributed by atoms with Gasteiger partial charge < -0.3 is 15.2 Å². The smallest absolute Gasteiger partial charge is 0.266 e. The number of hydrogen-bond acceptors (Lipinski definition) is 5. The zero-order chi connectivity index (χ0) is 14.9. The Hall–Kier alpha value is -2.04. The average Bonchev–Trinajstić information content (AvgIpc) is 2.99. The highest BCUT2D eigenvalue weighted by Gasteiger charge is 2.30. The molecule has 2 aromatic rings. The molecule has 112 valence electrons. The molecule has 1 aliphatic heterocycles. The summed E-state index contributed by atoms with van der Waals surface area (Å²) >= 11 is 0. The summed E-state index contributed by atoms with van der Waals surface area (Å²) in [6, 6.07) is 7.83. The van der Waals surface area contributed by atoms with Gasteiger partial charge in [0.2, 0.25) is 5.89 Å². The molecule has 1 aromatic heterocycles. The third kappa shape index (κ3) is 2.73. The second-order valence-corrected chi connectivity index (χ2v) is 6.19. The molecule has 0 unspecified atom stereocenters. The Labute approximate surface area is 125 Å². The Morgan fingerprint density at radius 3 is 2.43 bits per heavy atom. The van der Waals surface area contributed by atoms with E-state index in [0.717, 1.165) is 24.3 Å². The van der Waals surface area contributed by atoms with Gasteiger partial charge in [-0.2, -0.15) is 4.98 Å². The van der Waals surface area contributed by atoms with E-state index in [9.17, 15) is 0 Å². The van der Waals surface area contributed by atoms with Crippen LogP contribution in [-0.4, -0.2) is 23.2 Å². The Kier molecular flexibility index (Phi) is 3.57. The summed E-state index contributed by atoms with van der Waals surface area (Å²) < 4.78 is 5.53. The third-order valence-electron chi connectivity index (χ3n) is 4.22. The van der Waals surface area contributed by atoms with Crippen LogP contribution in [0.25, 0.3) is 0 Å². The van der Waals surface area contributed by atoms with Gasteiger partial charge in [0.05, 0.1) is 5.41 Å². The lowest BCUT2D eigenvalue weighted by molar-refractivity contribution is 0.331. The zero-order valence-corrected chi connectivity index (χ0v) is 12.7. The molecule has 1 fully saturated rings. The van der Waals surface area contributed by atoms with Gasteiger partial charge in [-0.05, 0) is 56.0 Å². The minimum atomic E-state index is -0.325. The highest BCUT2D eigenvalue weighted by Crippen LogP contribution is 2.32. The average molecular weight is 286 g/mol. The first-order valence-electron chi connectivity index (χ1n) is 7.52. The van der Waals surface area contributed by atoms with E-state index in [1.54, 1.807) is 0 Å². The van der Waals surface area contributed by atoms with Gasteiger partial charge in [0, 0.05) is 18.8 Å². The number of hydrogen-bond donors (Lipinski definition) is 1. The van der Waals surface area contributed by atoms with Gasteiger partial charge >= 0.3 is 0 Å². The van der Waals surface area contributed by atoms with Crippen LogP contribution in [0.1, 0.15) is 44.6 Å². The molecule has 1 saturated heterocycles. The molecule has 2 heterocycles. The number of rotatable bonds is 3. The summed E-state index contributed by atoms with van der Waals surface area (Å²) in [6.07, 6.45) is 3.69. The molecular weight excluding hydrogens is 264 g/mol. The molecule has 0 bridgehead atoms. The Morgan fingerprint density at radius 1 is 1.10 bits per heavy atom. The molecule has 3 rings (SSSR count). The maximum absolute atomic E-state index is 5.75. The van der Waals surface area contributed by atoms with E-state index in [1.807, 2.05) is 24.3 Å². The second kappa shape index (κ2) is 5.39. The largest absolute Gasteiger partial charge is 0.399 e. The van der Waals surface area contributed by atoms with Crippen LogP contribution in [0.2, 0.25) is 0 Å². The van der Waals surface area contributed by atoms with E-state index < -0.39 is 0 Å². The first-order valence-corrected chi connectivity index (χ1v) is 7.52. The lowest BCUT2D eigenvalue weighted by Gasteiger charge is -2.24. The molecule has 0 aliphatic carbocycles. The van der Waals surface area contributed by atoms with Crippen molar-refractivity contribution >= 4 is 11.6 Å². The molecule has 2 N–H and O–H groups in total. The van der Waals surface area contributed by atoms with E-state index in [4.69, 9.17) is 10.3 Å². The Morgan fingerprint density at radius 2 is 1.76 bits per heavy atom. The van der Waals surface area contributed by atoms with Crippen LogP contribution >= 0.6 is 0 Å². The molecular formula is C16H22N4O. The number of nitrogen functional groups attached to an aromatic ring is 1. The van der Waals surface area contributed by atoms with Crippen LogP contribution in [0.5, 0.6) is 0 Å². The summed E-state index contributed by atoms with van der Waals surface area (Å²) in [5, 5.41) is 4.16. The molecule has 1 aliphatic rings. The van der Waals surface area contributed by atoms with Crippen LogP contribution < -0.4 is 10.6 Å². The van der Waals surface area contributed by atoms with Crippen LogP contribution in [0.4, 0.5) is 11.6 Å². The van der Waals surface area contributed by atoms with Crippen molar-refractivity contribution in [1.82, 2.24) is 10.1 Å². The number of piperidine rings is 1. The summed E-state index contributed by atoms with van der Waals surface area (Å²) in [7, 11) is 0. The SMILES string of the molecule is CC(C)(c1ccc(N)cc1)c1nc(N2CCCCC2)no1. The lowest BCUT2D eigenvalue weighted by atomic mass is 9.84. The minimum Gasteiger partial charge on any atom is -0.399 e. The fourth-order valence-electron chi connectivity index (χ4n) is 2.72. The molecule has 5 heteroatoms. The molecule has 5 nitrogen and oxygen atoms in total. The Balaban J connectivity index is 1.85. The molecule has 0 amide bonds. The van der Waals surface area contributed by atoms with Crippen molar-refractivity contribution in [1.29, 1.82) is 0 Å². The van der Waals surface area contributed by atoms with E-state index >= 15 is 0 Å².